The van der Waals surface area contributed by atoms with Gasteiger partial charge in [0.05, 0.1) is 0 Å². The van der Waals surface area contributed by atoms with Crippen LogP contribution in [-0.2, 0) is 4.79 Å². The lowest BCUT2D eigenvalue weighted by Gasteiger charge is -1.94. The van der Waals surface area contributed by atoms with Gasteiger partial charge >= 0.3 is 0 Å². The van der Waals surface area contributed by atoms with Crippen molar-refractivity contribution in [3.63, 3.8) is 0 Å². The molecule has 0 aromatic heterocycles. The summed E-state index contributed by atoms with van der Waals surface area (Å²) in [5.41, 5.74) is 0. The fourth-order valence-electron chi connectivity index (χ4n) is 1.38. The Morgan fingerprint density at radius 1 is 0.929 bits per heavy atom. The molecule has 0 aliphatic heterocycles. The van der Waals surface area contributed by atoms with Gasteiger partial charge in [-0.15, -0.1) is 0 Å². The summed E-state index contributed by atoms with van der Waals surface area (Å²) in [6, 6.07) is 0. The zero-order valence-electron chi connectivity index (χ0n) is 9.43. The molecule has 0 aliphatic rings. The van der Waals surface area contributed by atoms with Crippen molar-refractivity contribution < 1.29 is 4.79 Å². The highest BCUT2D eigenvalue weighted by Gasteiger charge is 1.87. The molecule has 0 unspecified atom stereocenters. The maximum absolute atomic E-state index is 9.90. The third-order valence-electron chi connectivity index (χ3n) is 2.29. The van der Waals surface area contributed by atoms with Gasteiger partial charge in [0.25, 0.3) is 0 Å². The number of hydrogen-bond donors (Lipinski definition) is 0. The van der Waals surface area contributed by atoms with Gasteiger partial charge in [-0.3, -0.25) is 4.79 Å². The molecule has 1 heteroatoms. The van der Waals surface area contributed by atoms with Crippen LogP contribution in [0.25, 0.3) is 0 Å². The van der Waals surface area contributed by atoms with Crippen LogP contribution >= 0.6 is 0 Å². The summed E-state index contributed by atoms with van der Waals surface area (Å²) in [4.78, 5) is 9.90. The average Bonchev–Trinajstić information content (AvgIpc) is 2.21. The highest BCUT2D eigenvalue weighted by atomic mass is 16.1. The Bertz CT molecular complexity index is 138. The fraction of sp³-hybridized carbons (Fsp3) is 0.769. The molecule has 0 aliphatic carbocycles. The van der Waals surface area contributed by atoms with E-state index in [9.17, 15) is 4.79 Å². The lowest BCUT2D eigenvalue weighted by Crippen LogP contribution is -1.78. The van der Waals surface area contributed by atoms with Crippen molar-refractivity contribution in [1.29, 1.82) is 0 Å². The number of allylic oxidation sites excluding steroid dienone is 2. The maximum atomic E-state index is 9.90. The first-order chi connectivity index (χ1) is 6.91. The van der Waals surface area contributed by atoms with Crippen molar-refractivity contribution in [2.45, 2.75) is 64.7 Å². The van der Waals surface area contributed by atoms with Crippen LogP contribution in [-0.4, -0.2) is 6.29 Å². The Hall–Kier alpha value is -0.590. The quantitative estimate of drug-likeness (QED) is 0.377. The van der Waals surface area contributed by atoms with E-state index < -0.39 is 0 Å². The Kier molecular flexibility index (Phi) is 11.9. The normalized spacial score (nSPS) is 10.9. The van der Waals surface area contributed by atoms with E-state index in [2.05, 4.69) is 19.1 Å². The van der Waals surface area contributed by atoms with Crippen LogP contribution in [0.4, 0.5) is 0 Å². The van der Waals surface area contributed by atoms with Crippen LogP contribution in [0, 0.1) is 0 Å². The zero-order chi connectivity index (χ0) is 10.5. The molecule has 0 rings (SSSR count). The third-order valence-corrected chi connectivity index (χ3v) is 2.29. The van der Waals surface area contributed by atoms with E-state index in [0.29, 0.717) is 6.42 Å². The molecule has 0 fully saturated rings. The number of unbranched alkanes of at least 4 members (excludes halogenated alkanes) is 7. The topological polar surface area (TPSA) is 17.1 Å². The first-order valence-electron chi connectivity index (χ1n) is 5.91. The van der Waals surface area contributed by atoms with E-state index in [1.54, 1.807) is 0 Å². The van der Waals surface area contributed by atoms with Gasteiger partial charge in [-0.05, 0) is 32.1 Å². The van der Waals surface area contributed by atoms with Crippen LogP contribution in [0.15, 0.2) is 12.2 Å². The molecule has 0 N–H and O–H groups in total. The second-order valence-electron chi connectivity index (χ2n) is 3.71. The van der Waals surface area contributed by atoms with Gasteiger partial charge in [0.1, 0.15) is 0 Å². The summed E-state index contributed by atoms with van der Waals surface area (Å²) in [7, 11) is 0. The van der Waals surface area contributed by atoms with E-state index in [1.165, 1.54) is 38.5 Å². The molecule has 0 heterocycles. The van der Waals surface area contributed by atoms with Crippen LogP contribution in [0.3, 0.4) is 0 Å². The van der Waals surface area contributed by atoms with Crippen molar-refractivity contribution in [3.05, 3.63) is 12.2 Å². The minimum absolute atomic E-state index is 0.611. The van der Waals surface area contributed by atoms with Crippen molar-refractivity contribution >= 4 is 6.29 Å². The maximum Gasteiger partial charge on any atom is 0.198 e. The summed E-state index contributed by atoms with van der Waals surface area (Å²) in [5.74, 6) is 0. The van der Waals surface area contributed by atoms with Crippen LogP contribution in [0.5, 0.6) is 0 Å². The predicted octanol–water partition coefficient (Wildman–Crippen LogP) is 4.18. The number of carbonyl (C=O) groups excluding carboxylic acids is 1. The van der Waals surface area contributed by atoms with Crippen molar-refractivity contribution in [2.75, 3.05) is 0 Å². The van der Waals surface area contributed by atoms with Gasteiger partial charge in [0.15, 0.2) is 6.29 Å². The van der Waals surface area contributed by atoms with Gasteiger partial charge < -0.3 is 0 Å². The molecule has 0 bridgehead atoms. The highest BCUT2D eigenvalue weighted by Crippen LogP contribution is 2.04. The number of rotatable bonds is 10. The van der Waals surface area contributed by atoms with Gasteiger partial charge in [-0.2, -0.15) is 0 Å². The largest absolute Gasteiger partial charge is 0.291 e. The summed E-state index contributed by atoms with van der Waals surface area (Å²) in [5, 5.41) is 0. The summed E-state index contributed by atoms with van der Waals surface area (Å²) in [6.07, 6.45) is 16.9. The molecule has 1 radical (unpaired) electrons. The SMILES string of the molecule is CCCCC/C=C/CCCCC[C]=O. The van der Waals surface area contributed by atoms with Gasteiger partial charge in [-0.1, -0.05) is 38.3 Å². The second-order valence-corrected chi connectivity index (χ2v) is 3.71. The zero-order valence-corrected chi connectivity index (χ0v) is 9.43. The van der Waals surface area contributed by atoms with Crippen LogP contribution in [0.1, 0.15) is 64.7 Å². The summed E-state index contributed by atoms with van der Waals surface area (Å²) >= 11 is 0. The second kappa shape index (κ2) is 12.4. The lowest BCUT2D eigenvalue weighted by atomic mass is 10.1. The predicted molar refractivity (Wildman–Crippen MR) is 62.1 cm³/mol. The highest BCUT2D eigenvalue weighted by molar-refractivity contribution is 5.50. The molecule has 1 nitrogen and oxygen atoms in total. The molecule has 14 heavy (non-hydrogen) atoms. The molecule has 0 amide bonds. The average molecular weight is 195 g/mol. The molecule has 0 aromatic rings. The Balaban J connectivity index is 2.99. The number of hydrogen-bond acceptors (Lipinski definition) is 1. The van der Waals surface area contributed by atoms with Crippen molar-refractivity contribution in [2.24, 2.45) is 0 Å². The molecular weight excluding hydrogens is 172 g/mol. The summed E-state index contributed by atoms with van der Waals surface area (Å²) in [6.45, 7) is 2.23. The van der Waals surface area contributed by atoms with Gasteiger partial charge in [0.2, 0.25) is 0 Å². The first kappa shape index (κ1) is 13.4. The smallest absolute Gasteiger partial charge is 0.198 e. The fourth-order valence-corrected chi connectivity index (χ4v) is 1.38. The van der Waals surface area contributed by atoms with E-state index in [4.69, 9.17) is 0 Å². The van der Waals surface area contributed by atoms with E-state index in [1.807, 2.05) is 6.29 Å². The molecule has 0 saturated heterocycles. The third kappa shape index (κ3) is 11.4. The molecule has 0 spiro atoms. The summed E-state index contributed by atoms with van der Waals surface area (Å²) < 4.78 is 0. The minimum Gasteiger partial charge on any atom is -0.291 e. The van der Waals surface area contributed by atoms with E-state index in [-0.39, 0.29) is 0 Å². The van der Waals surface area contributed by atoms with Gasteiger partial charge in [0, 0.05) is 6.42 Å². The van der Waals surface area contributed by atoms with E-state index >= 15 is 0 Å². The lowest BCUT2D eigenvalue weighted by molar-refractivity contribution is 0.545. The Labute approximate surface area is 88.6 Å². The van der Waals surface area contributed by atoms with Crippen molar-refractivity contribution in [3.8, 4) is 0 Å². The van der Waals surface area contributed by atoms with Crippen LogP contribution < -0.4 is 0 Å². The standard InChI is InChI=1S/C13H23O/c1-2-3-4-5-6-7-8-9-10-11-12-13-14/h6-7H,2-5,8-12H2,1H3/b7-6+. The molecular formula is C13H23O. The monoisotopic (exact) mass is 195 g/mol. The molecule has 81 valence electrons. The van der Waals surface area contributed by atoms with E-state index in [0.717, 1.165) is 12.8 Å². The molecule has 0 saturated carbocycles. The molecule has 0 aromatic carbocycles. The van der Waals surface area contributed by atoms with Crippen LogP contribution in [0.2, 0.25) is 0 Å². The minimum atomic E-state index is 0.611. The first-order valence-corrected chi connectivity index (χ1v) is 5.91. The van der Waals surface area contributed by atoms with Crippen molar-refractivity contribution in [1.82, 2.24) is 0 Å². The Morgan fingerprint density at radius 3 is 2.14 bits per heavy atom. The molecule has 0 atom stereocenters. The van der Waals surface area contributed by atoms with Gasteiger partial charge in [-0.25, -0.2) is 0 Å². The Morgan fingerprint density at radius 2 is 1.57 bits per heavy atom.